The number of hydrogen-bond acceptors (Lipinski definition) is 3. The predicted octanol–water partition coefficient (Wildman–Crippen LogP) is 2.05. The van der Waals surface area contributed by atoms with Crippen LogP contribution in [0.25, 0.3) is 0 Å². The summed E-state index contributed by atoms with van der Waals surface area (Å²) in [6.45, 7) is 4.72. The summed E-state index contributed by atoms with van der Waals surface area (Å²) >= 11 is 5.14. The van der Waals surface area contributed by atoms with Gasteiger partial charge in [0.1, 0.15) is 5.75 Å². The van der Waals surface area contributed by atoms with E-state index in [9.17, 15) is 0 Å². The van der Waals surface area contributed by atoms with Gasteiger partial charge in [0.05, 0.1) is 12.3 Å². The number of nitrogens with zero attached hydrogens (tertiary/aromatic N) is 1. The highest BCUT2D eigenvalue weighted by atomic mass is 32.1. The van der Waals surface area contributed by atoms with E-state index in [0.717, 1.165) is 23.4 Å². The lowest BCUT2D eigenvalue weighted by atomic mass is 10.0. The Kier molecular flexibility index (Phi) is 4.15. The van der Waals surface area contributed by atoms with E-state index in [2.05, 4.69) is 15.8 Å². The molecule has 4 nitrogen and oxygen atoms in total. The van der Waals surface area contributed by atoms with Crippen LogP contribution in [0.3, 0.4) is 0 Å². The van der Waals surface area contributed by atoms with Gasteiger partial charge in [0.2, 0.25) is 0 Å². The Morgan fingerprint density at radius 2 is 2.17 bits per heavy atom. The van der Waals surface area contributed by atoms with Crippen molar-refractivity contribution in [2.45, 2.75) is 26.3 Å². The van der Waals surface area contributed by atoms with Crippen LogP contribution < -0.4 is 15.5 Å². The fraction of sp³-hybridized carbons (Fsp3) is 0.385. The second kappa shape index (κ2) is 5.82. The van der Waals surface area contributed by atoms with Crippen molar-refractivity contribution in [2.24, 2.45) is 5.10 Å². The summed E-state index contributed by atoms with van der Waals surface area (Å²) in [5.41, 5.74) is 4.89. The first-order valence-electron chi connectivity index (χ1n) is 6.02. The third-order valence-corrected chi connectivity index (χ3v) is 2.72. The topological polar surface area (TPSA) is 45.7 Å². The highest BCUT2D eigenvalue weighted by molar-refractivity contribution is 7.80. The van der Waals surface area contributed by atoms with Crippen molar-refractivity contribution in [3.8, 4) is 5.75 Å². The number of fused-ring (bicyclic) bond motifs is 1. The molecule has 18 heavy (non-hydrogen) atoms. The number of ether oxygens (including phenoxy) is 1. The maximum absolute atomic E-state index is 5.57. The molecule has 0 unspecified atom stereocenters. The molecular formula is C13H17N3OS. The zero-order valence-corrected chi connectivity index (χ0v) is 11.4. The van der Waals surface area contributed by atoms with E-state index >= 15 is 0 Å². The van der Waals surface area contributed by atoms with Crippen molar-refractivity contribution in [1.29, 1.82) is 0 Å². The highest BCUT2D eigenvalue weighted by Gasteiger charge is 2.15. The maximum Gasteiger partial charge on any atom is 0.187 e. The van der Waals surface area contributed by atoms with E-state index in [1.54, 1.807) is 0 Å². The Balaban J connectivity index is 2.08. The summed E-state index contributed by atoms with van der Waals surface area (Å²) in [6, 6.07) is 8.20. The van der Waals surface area contributed by atoms with Crippen LogP contribution in [-0.4, -0.2) is 23.5 Å². The van der Waals surface area contributed by atoms with Crippen molar-refractivity contribution in [1.82, 2.24) is 10.7 Å². The van der Waals surface area contributed by atoms with E-state index < -0.39 is 0 Å². The van der Waals surface area contributed by atoms with Crippen LogP contribution >= 0.6 is 12.2 Å². The minimum atomic E-state index is 0.298. The first kappa shape index (κ1) is 12.8. The van der Waals surface area contributed by atoms with E-state index in [1.807, 2.05) is 38.1 Å². The van der Waals surface area contributed by atoms with Gasteiger partial charge in [-0.15, -0.1) is 0 Å². The van der Waals surface area contributed by atoms with E-state index in [0.29, 0.717) is 17.8 Å². The summed E-state index contributed by atoms with van der Waals surface area (Å²) in [6.07, 6.45) is 0.786. The van der Waals surface area contributed by atoms with Crippen LogP contribution in [0.2, 0.25) is 0 Å². The molecule has 0 spiro atoms. The summed E-state index contributed by atoms with van der Waals surface area (Å²) in [4.78, 5) is 0. The molecule has 0 radical (unpaired) electrons. The molecule has 0 saturated carbocycles. The number of hydrazone groups is 1. The standard InChI is InChI=1S/C13H17N3OS/c1-9(2)14-13(18)16-15-11-7-8-17-12-6-4-3-5-10(11)12/h3-6,9H,7-8H2,1-2H3,(H2,14,16,18)/b15-11-. The zero-order valence-electron chi connectivity index (χ0n) is 10.6. The average Bonchev–Trinajstić information content (AvgIpc) is 2.35. The van der Waals surface area contributed by atoms with Gasteiger partial charge in [-0.05, 0) is 38.2 Å². The molecule has 1 aromatic carbocycles. The lowest BCUT2D eigenvalue weighted by molar-refractivity contribution is 0.320. The van der Waals surface area contributed by atoms with Crippen molar-refractivity contribution >= 4 is 23.0 Å². The Morgan fingerprint density at radius 1 is 1.39 bits per heavy atom. The van der Waals surface area contributed by atoms with E-state index in [1.165, 1.54) is 0 Å². The number of thiocarbonyl (C=S) groups is 1. The second-order valence-electron chi connectivity index (χ2n) is 4.39. The SMILES string of the molecule is CC(C)NC(=S)N/N=C1/CCOc2ccccc21. The zero-order chi connectivity index (χ0) is 13.0. The molecule has 1 aliphatic heterocycles. The van der Waals surface area contributed by atoms with Crippen LogP contribution in [0.15, 0.2) is 29.4 Å². The third-order valence-electron chi connectivity index (χ3n) is 2.51. The monoisotopic (exact) mass is 263 g/mol. The minimum Gasteiger partial charge on any atom is -0.492 e. The number of benzene rings is 1. The fourth-order valence-corrected chi connectivity index (χ4v) is 2.03. The van der Waals surface area contributed by atoms with Crippen LogP contribution in [0.4, 0.5) is 0 Å². The Hall–Kier alpha value is -1.62. The molecule has 96 valence electrons. The number of hydrogen-bond donors (Lipinski definition) is 2. The predicted molar refractivity (Wildman–Crippen MR) is 77.1 cm³/mol. The van der Waals surface area contributed by atoms with Crippen LogP contribution in [0.1, 0.15) is 25.8 Å². The summed E-state index contributed by atoms with van der Waals surface area (Å²) < 4.78 is 5.57. The molecule has 0 aromatic heterocycles. The van der Waals surface area contributed by atoms with Gasteiger partial charge in [-0.1, -0.05) is 12.1 Å². The Labute approximate surface area is 112 Å². The molecule has 0 fully saturated rings. The first-order chi connectivity index (χ1) is 8.66. The molecular weight excluding hydrogens is 246 g/mol. The molecule has 1 aromatic rings. The van der Waals surface area contributed by atoms with Crippen molar-refractivity contribution in [2.75, 3.05) is 6.61 Å². The Morgan fingerprint density at radius 3 is 2.94 bits per heavy atom. The molecule has 1 heterocycles. The van der Waals surface area contributed by atoms with Gasteiger partial charge in [0.25, 0.3) is 0 Å². The summed E-state index contributed by atoms with van der Waals surface area (Å²) in [5.74, 6) is 0.882. The molecule has 0 bridgehead atoms. The second-order valence-corrected chi connectivity index (χ2v) is 4.80. The van der Waals surface area contributed by atoms with E-state index in [-0.39, 0.29) is 0 Å². The molecule has 0 saturated heterocycles. The maximum atomic E-state index is 5.57. The summed E-state index contributed by atoms with van der Waals surface area (Å²) in [7, 11) is 0. The van der Waals surface area contributed by atoms with Gasteiger partial charge in [0, 0.05) is 18.0 Å². The van der Waals surface area contributed by atoms with Crippen molar-refractivity contribution < 1.29 is 4.74 Å². The van der Waals surface area contributed by atoms with Gasteiger partial charge < -0.3 is 10.1 Å². The lowest BCUT2D eigenvalue weighted by Gasteiger charge is -2.19. The first-order valence-corrected chi connectivity index (χ1v) is 6.43. The molecule has 5 heteroatoms. The smallest absolute Gasteiger partial charge is 0.187 e. The lowest BCUT2D eigenvalue weighted by Crippen LogP contribution is -2.37. The van der Waals surface area contributed by atoms with Crippen LogP contribution in [-0.2, 0) is 0 Å². The Bertz CT molecular complexity index is 471. The highest BCUT2D eigenvalue weighted by Crippen LogP contribution is 2.24. The molecule has 2 N–H and O–H groups in total. The van der Waals surface area contributed by atoms with E-state index in [4.69, 9.17) is 17.0 Å². The largest absolute Gasteiger partial charge is 0.492 e. The van der Waals surface area contributed by atoms with Crippen molar-refractivity contribution in [3.63, 3.8) is 0 Å². The number of para-hydroxylation sites is 1. The normalized spacial score (nSPS) is 16.1. The molecule has 1 aliphatic rings. The fourth-order valence-electron chi connectivity index (χ4n) is 1.75. The van der Waals surface area contributed by atoms with Crippen LogP contribution in [0, 0.1) is 0 Å². The molecule has 0 atom stereocenters. The van der Waals surface area contributed by atoms with Gasteiger partial charge in [-0.3, -0.25) is 5.43 Å². The van der Waals surface area contributed by atoms with Crippen LogP contribution in [0.5, 0.6) is 5.75 Å². The number of rotatable bonds is 2. The van der Waals surface area contributed by atoms with Gasteiger partial charge in [0.15, 0.2) is 5.11 Å². The number of nitrogens with one attached hydrogen (secondary N) is 2. The summed E-state index contributed by atoms with van der Waals surface area (Å²) in [5, 5.41) is 7.99. The van der Waals surface area contributed by atoms with Crippen molar-refractivity contribution in [3.05, 3.63) is 29.8 Å². The minimum absolute atomic E-state index is 0.298. The third kappa shape index (κ3) is 3.20. The van der Waals surface area contributed by atoms with Gasteiger partial charge in [-0.25, -0.2) is 0 Å². The molecule has 2 rings (SSSR count). The average molecular weight is 263 g/mol. The van der Waals surface area contributed by atoms with Gasteiger partial charge in [-0.2, -0.15) is 5.10 Å². The molecule has 0 aliphatic carbocycles. The van der Waals surface area contributed by atoms with Gasteiger partial charge >= 0.3 is 0 Å². The quantitative estimate of drug-likeness (QED) is 0.633. The molecule has 0 amide bonds.